The quantitative estimate of drug-likeness (QED) is 0.508. The van der Waals surface area contributed by atoms with Gasteiger partial charge in [0.15, 0.2) is 17.5 Å². The van der Waals surface area contributed by atoms with Crippen LogP contribution in [0, 0.1) is 0 Å². The molecule has 0 amide bonds. The molecule has 0 heterocycles. The van der Waals surface area contributed by atoms with Crippen LogP contribution in [0.3, 0.4) is 0 Å². The molecule has 9 heteroatoms. The maximum atomic E-state index is 12.6. The van der Waals surface area contributed by atoms with Crippen molar-refractivity contribution >= 4 is 17.6 Å². The summed E-state index contributed by atoms with van der Waals surface area (Å²) >= 11 is 5.96. The lowest BCUT2D eigenvalue weighted by Crippen LogP contribution is -2.36. The molecule has 0 bridgehead atoms. The molecule has 0 unspecified atom stereocenters. The van der Waals surface area contributed by atoms with E-state index in [1.165, 1.54) is 12.1 Å². The molecule has 0 saturated carbocycles. The molecule has 0 aliphatic heterocycles. The molecule has 152 valence electrons. The summed E-state index contributed by atoms with van der Waals surface area (Å²) in [5, 5.41) is 6.61. The van der Waals surface area contributed by atoms with Gasteiger partial charge >= 0.3 is 6.61 Å². The van der Waals surface area contributed by atoms with Gasteiger partial charge in [-0.15, -0.1) is 0 Å². The van der Waals surface area contributed by atoms with Crippen LogP contribution in [0.4, 0.5) is 8.78 Å². The minimum absolute atomic E-state index is 0.0576. The van der Waals surface area contributed by atoms with Crippen molar-refractivity contribution in [3.63, 3.8) is 0 Å². The molecule has 0 spiro atoms. The first kappa shape index (κ1) is 21.6. The minimum atomic E-state index is -2.91. The van der Waals surface area contributed by atoms with E-state index < -0.39 is 6.61 Å². The molecule has 2 N–H and O–H groups in total. The zero-order valence-corrected chi connectivity index (χ0v) is 16.5. The van der Waals surface area contributed by atoms with Gasteiger partial charge in [-0.2, -0.15) is 8.78 Å². The highest BCUT2D eigenvalue weighted by atomic mass is 35.5. The van der Waals surface area contributed by atoms with Crippen LogP contribution >= 0.6 is 11.6 Å². The van der Waals surface area contributed by atoms with Gasteiger partial charge < -0.3 is 24.8 Å². The zero-order chi connectivity index (χ0) is 20.5. The standard InChI is InChI=1S/C19H22ClF2N3O3/c1-23-19(24-10-12-4-6-16(26-2)17(8-12)27-3)25-11-13-9-14(20)5-7-15(13)28-18(21)22/h4-9,18H,10-11H2,1-3H3,(H2,23,24,25). The molecule has 2 aromatic carbocycles. The van der Waals surface area contributed by atoms with Crippen molar-refractivity contribution in [1.82, 2.24) is 10.6 Å². The third-order valence-corrected chi connectivity index (χ3v) is 4.05. The smallest absolute Gasteiger partial charge is 0.387 e. The van der Waals surface area contributed by atoms with Crippen molar-refractivity contribution in [2.75, 3.05) is 21.3 Å². The highest BCUT2D eigenvalue weighted by Crippen LogP contribution is 2.27. The van der Waals surface area contributed by atoms with Gasteiger partial charge in [-0.25, -0.2) is 0 Å². The first-order valence-electron chi connectivity index (χ1n) is 8.35. The largest absolute Gasteiger partial charge is 0.493 e. The Labute approximate surface area is 167 Å². The second-order valence-corrected chi connectivity index (χ2v) is 6.04. The number of hydrogen-bond acceptors (Lipinski definition) is 4. The van der Waals surface area contributed by atoms with Gasteiger partial charge in [0.1, 0.15) is 5.75 Å². The minimum Gasteiger partial charge on any atom is -0.493 e. The SMILES string of the molecule is CN=C(NCc1ccc(OC)c(OC)c1)NCc1cc(Cl)ccc1OC(F)F. The summed E-state index contributed by atoms with van der Waals surface area (Å²) in [5.41, 5.74) is 1.44. The van der Waals surface area contributed by atoms with Gasteiger partial charge in [0.2, 0.25) is 0 Å². The number of nitrogens with one attached hydrogen (secondary N) is 2. The topological polar surface area (TPSA) is 64.1 Å². The molecule has 0 radical (unpaired) electrons. The molecule has 0 fully saturated rings. The van der Waals surface area contributed by atoms with Crippen LogP contribution in [0.25, 0.3) is 0 Å². The van der Waals surface area contributed by atoms with Crippen molar-refractivity contribution in [3.8, 4) is 17.2 Å². The number of nitrogens with zero attached hydrogens (tertiary/aromatic N) is 1. The van der Waals surface area contributed by atoms with Crippen molar-refractivity contribution in [1.29, 1.82) is 0 Å². The summed E-state index contributed by atoms with van der Waals surface area (Å²) in [6.07, 6.45) is 0. The number of hydrogen-bond donors (Lipinski definition) is 2. The first-order chi connectivity index (χ1) is 13.5. The summed E-state index contributed by atoms with van der Waals surface area (Å²) in [6, 6.07) is 10.0. The Hall–Kier alpha value is -2.74. The van der Waals surface area contributed by atoms with E-state index in [2.05, 4.69) is 20.4 Å². The molecule has 2 aromatic rings. The third kappa shape index (κ3) is 6.16. The number of halogens is 3. The van der Waals surface area contributed by atoms with E-state index in [-0.39, 0.29) is 12.3 Å². The maximum Gasteiger partial charge on any atom is 0.387 e. The monoisotopic (exact) mass is 413 g/mol. The van der Waals surface area contributed by atoms with Crippen molar-refractivity contribution in [3.05, 3.63) is 52.5 Å². The first-order valence-corrected chi connectivity index (χ1v) is 8.73. The highest BCUT2D eigenvalue weighted by Gasteiger charge is 2.11. The molecule has 2 rings (SSSR count). The average Bonchev–Trinajstić information content (AvgIpc) is 2.69. The summed E-state index contributed by atoms with van der Waals surface area (Å²) in [7, 11) is 4.75. The van der Waals surface area contributed by atoms with Gasteiger partial charge in [-0.3, -0.25) is 4.99 Å². The molecule has 0 aliphatic carbocycles. The Balaban J connectivity index is 2.00. The summed E-state index contributed by atoms with van der Waals surface area (Å²) in [4.78, 5) is 4.12. The highest BCUT2D eigenvalue weighted by molar-refractivity contribution is 6.30. The number of benzene rings is 2. The van der Waals surface area contributed by atoms with Gasteiger partial charge in [0.25, 0.3) is 0 Å². The Morgan fingerprint density at radius 3 is 2.32 bits per heavy atom. The van der Waals surface area contributed by atoms with Crippen LogP contribution in [0.1, 0.15) is 11.1 Å². The van der Waals surface area contributed by atoms with Gasteiger partial charge in [-0.05, 0) is 35.9 Å². The number of ether oxygens (including phenoxy) is 3. The number of alkyl halides is 2. The zero-order valence-electron chi connectivity index (χ0n) is 15.8. The fraction of sp³-hybridized carbons (Fsp3) is 0.316. The fourth-order valence-corrected chi connectivity index (χ4v) is 2.67. The molecule has 28 heavy (non-hydrogen) atoms. The van der Waals surface area contributed by atoms with Gasteiger partial charge in [0, 0.05) is 30.7 Å². The lowest BCUT2D eigenvalue weighted by molar-refractivity contribution is -0.0504. The van der Waals surface area contributed by atoms with E-state index >= 15 is 0 Å². The molecular weight excluding hydrogens is 392 g/mol. The van der Waals surface area contributed by atoms with Crippen LogP contribution in [0.5, 0.6) is 17.2 Å². The molecule has 6 nitrogen and oxygen atoms in total. The van der Waals surface area contributed by atoms with Crippen molar-refractivity contribution in [2.45, 2.75) is 19.7 Å². The fourth-order valence-electron chi connectivity index (χ4n) is 2.47. The average molecular weight is 414 g/mol. The Kier molecular flexibility index (Phi) is 8.13. The van der Waals surface area contributed by atoms with Crippen LogP contribution in [-0.4, -0.2) is 33.8 Å². The van der Waals surface area contributed by atoms with E-state index in [1.807, 2.05) is 18.2 Å². The third-order valence-electron chi connectivity index (χ3n) is 3.82. The van der Waals surface area contributed by atoms with Crippen molar-refractivity contribution < 1.29 is 23.0 Å². The van der Waals surface area contributed by atoms with E-state index in [1.54, 1.807) is 27.3 Å². The Morgan fingerprint density at radius 1 is 1.00 bits per heavy atom. The maximum absolute atomic E-state index is 12.6. The van der Waals surface area contributed by atoms with Crippen LogP contribution in [0.2, 0.25) is 5.02 Å². The second kappa shape index (κ2) is 10.6. The summed E-state index contributed by atoms with van der Waals surface area (Å²) < 4.78 is 40.1. The molecule has 0 atom stereocenters. The molecule has 0 saturated heterocycles. The Bertz CT molecular complexity index is 819. The number of aliphatic imine (C=N–C) groups is 1. The van der Waals surface area contributed by atoms with Crippen LogP contribution in [0.15, 0.2) is 41.4 Å². The van der Waals surface area contributed by atoms with Gasteiger partial charge in [-0.1, -0.05) is 17.7 Å². The van der Waals surface area contributed by atoms with Crippen LogP contribution in [-0.2, 0) is 13.1 Å². The van der Waals surface area contributed by atoms with E-state index in [9.17, 15) is 8.78 Å². The molecular formula is C19H22ClF2N3O3. The summed E-state index contributed by atoms with van der Waals surface area (Å²) in [6.45, 7) is -2.24. The lowest BCUT2D eigenvalue weighted by Gasteiger charge is -2.15. The number of guanidine groups is 1. The van der Waals surface area contributed by atoms with Gasteiger partial charge in [0.05, 0.1) is 14.2 Å². The molecule has 0 aromatic heterocycles. The molecule has 0 aliphatic rings. The van der Waals surface area contributed by atoms with E-state index in [0.717, 1.165) is 5.56 Å². The Morgan fingerprint density at radius 2 is 1.68 bits per heavy atom. The second-order valence-electron chi connectivity index (χ2n) is 5.60. The lowest BCUT2D eigenvalue weighted by atomic mass is 10.2. The van der Waals surface area contributed by atoms with E-state index in [0.29, 0.717) is 34.6 Å². The predicted octanol–water partition coefficient (Wildman–Crippen LogP) is 3.82. The van der Waals surface area contributed by atoms with E-state index in [4.69, 9.17) is 21.1 Å². The number of rotatable bonds is 8. The number of methoxy groups -OCH3 is 2. The van der Waals surface area contributed by atoms with Crippen LogP contribution < -0.4 is 24.8 Å². The predicted molar refractivity (Wildman–Crippen MR) is 105 cm³/mol. The normalized spacial score (nSPS) is 11.3. The summed E-state index contributed by atoms with van der Waals surface area (Å²) in [5.74, 6) is 1.80. The van der Waals surface area contributed by atoms with Crippen molar-refractivity contribution in [2.24, 2.45) is 4.99 Å².